The first kappa shape index (κ1) is 23.0. The van der Waals surface area contributed by atoms with Crippen LogP contribution in [0.25, 0.3) is 0 Å². The SMILES string of the molecule is C=O.[Cl-].[Pd]. The third-order valence-corrected chi connectivity index (χ3v) is 0. The standard InChI is InChI=1S/CH2O.ClH.Pd/c1-2;;/h1H2;1H;/p-1. The summed E-state index contributed by atoms with van der Waals surface area (Å²) in [6.07, 6.45) is 0. The molecule has 0 bridgehead atoms. The van der Waals surface area contributed by atoms with E-state index in [1.807, 2.05) is 6.79 Å². The molecular formula is CH2ClOPd-. The van der Waals surface area contributed by atoms with Gasteiger partial charge in [-0.05, 0) is 0 Å². The van der Waals surface area contributed by atoms with Crippen molar-refractivity contribution in [2.24, 2.45) is 0 Å². The monoisotopic (exact) mass is 171 g/mol. The second-order valence-corrected chi connectivity index (χ2v) is 0. The van der Waals surface area contributed by atoms with Crippen LogP contribution < -0.4 is 12.4 Å². The van der Waals surface area contributed by atoms with Gasteiger partial charge in [0.05, 0.1) is 0 Å². The molecule has 0 unspecified atom stereocenters. The predicted octanol–water partition coefficient (Wildman–Crippen LogP) is -3.18. The van der Waals surface area contributed by atoms with E-state index in [0.29, 0.717) is 0 Å². The number of hydrogen-bond donors (Lipinski definition) is 0. The fourth-order valence-corrected chi connectivity index (χ4v) is 0. The van der Waals surface area contributed by atoms with Gasteiger partial charge in [0.2, 0.25) is 0 Å². The van der Waals surface area contributed by atoms with E-state index in [1.165, 1.54) is 0 Å². The van der Waals surface area contributed by atoms with Crippen LogP contribution in [0.1, 0.15) is 0 Å². The van der Waals surface area contributed by atoms with Crippen molar-refractivity contribution in [2.75, 3.05) is 0 Å². The fraction of sp³-hybridized carbons (Fsp3) is 0. The predicted molar refractivity (Wildman–Crippen MR) is 7.12 cm³/mol. The summed E-state index contributed by atoms with van der Waals surface area (Å²) >= 11 is 0. The van der Waals surface area contributed by atoms with Gasteiger partial charge in [0.15, 0.2) is 0 Å². The van der Waals surface area contributed by atoms with Crippen LogP contribution in [0.2, 0.25) is 0 Å². The number of hydrogen-bond acceptors (Lipinski definition) is 1. The molecule has 0 aliphatic carbocycles. The van der Waals surface area contributed by atoms with Crippen molar-refractivity contribution in [3.8, 4) is 0 Å². The van der Waals surface area contributed by atoms with Gasteiger partial charge in [-0.1, -0.05) is 0 Å². The average Bonchev–Trinajstić information content (AvgIpc) is 1.00. The molecule has 0 amide bonds. The van der Waals surface area contributed by atoms with Gasteiger partial charge in [-0.25, -0.2) is 0 Å². The number of rotatable bonds is 0. The topological polar surface area (TPSA) is 17.1 Å². The van der Waals surface area contributed by atoms with Crippen molar-refractivity contribution >= 4 is 6.79 Å². The fourth-order valence-electron chi connectivity index (χ4n) is 0. The van der Waals surface area contributed by atoms with Gasteiger partial charge in [-0.3, -0.25) is 0 Å². The van der Waals surface area contributed by atoms with Gasteiger partial charge in [-0.15, -0.1) is 0 Å². The summed E-state index contributed by atoms with van der Waals surface area (Å²) < 4.78 is 0. The molecule has 0 radical (unpaired) electrons. The number of carbonyl (C=O) groups is 1. The van der Waals surface area contributed by atoms with Crippen LogP contribution in [0, 0.1) is 0 Å². The first-order valence-corrected chi connectivity index (χ1v) is 0.289. The Morgan fingerprint density at radius 1 is 1.25 bits per heavy atom. The molecule has 0 aliphatic heterocycles. The van der Waals surface area contributed by atoms with E-state index in [4.69, 9.17) is 4.79 Å². The molecule has 0 aromatic heterocycles. The van der Waals surface area contributed by atoms with E-state index in [-0.39, 0.29) is 32.8 Å². The smallest absolute Gasteiger partial charge is 0.106 e. The second-order valence-electron chi connectivity index (χ2n) is 0. The molecular weight excluding hydrogens is 170 g/mol. The summed E-state index contributed by atoms with van der Waals surface area (Å²) in [6.45, 7) is 2.00. The molecule has 0 rings (SSSR count). The van der Waals surface area contributed by atoms with Crippen LogP contribution in [0.4, 0.5) is 0 Å². The molecule has 0 aromatic carbocycles. The molecule has 0 heterocycles. The first-order chi connectivity index (χ1) is 1.00. The molecule has 0 spiro atoms. The zero-order valence-corrected chi connectivity index (χ0v) is 4.12. The van der Waals surface area contributed by atoms with E-state index < -0.39 is 0 Å². The van der Waals surface area contributed by atoms with E-state index >= 15 is 0 Å². The summed E-state index contributed by atoms with van der Waals surface area (Å²) in [6, 6.07) is 0. The van der Waals surface area contributed by atoms with Crippen molar-refractivity contribution in [2.45, 2.75) is 0 Å². The van der Waals surface area contributed by atoms with E-state index in [1.54, 1.807) is 0 Å². The Bertz CT molecular complexity index is 8.00. The maximum atomic E-state index is 8.00. The third-order valence-electron chi connectivity index (χ3n) is 0. The van der Waals surface area contributed by atoms with Crippen LogP contribution in [0.15, 0.2) is 0 Å². The Hall–Kier alpha value is 0.622. The first-order valence-electron chi connectivity index (χ1n) is 0.289. The minimum Gasteiger partial charge on any atom is -1.00 e. The largest absolute Gasteiger partial charge is 1.00 e. The molecule has 0 saturated heterocycles. The van der Waals surface area contributed by atoms with Gasteiger partial charge >= 0.3 is 0 Å². The zero-order chi connectivity index (χ0) is 2.00. The summed E-state index contributed by atoms with van der Waals surface area (Å²) in [5, 5.41) is 0. The Morgan fingerprint density at radius 2 is 1.25 bits per heavy atom. The molecule has 0 aromatic rings. The molecule has 0 fully saturated rings. The molecule has 0 N–H and O–H groups in total. The quantitative estimate of drug-likeness (QED) is 0.352. The van der Waals surface area contributed by atoms with Gasteiger partial charge in [0, 0.05) is 20.4 Å². The summed E-state index contributed by atoms with van der Waals surface area (Å²) in [7, 11) is 0. The van der Waals surface area contributed by atoms with Crippen LogP contribution in [0.5, 0.6) is 0 Å². The minimum atomic E-state index is 0. The molecule has 4 heavy (non-hydrogen) atoms. The van der Waals surface area contributed by atoms with Crippen molar-refractivity contribution in [3.63, 3.8) is 0 Å². The Balaban J connectivity index is -0.00000000500. The average molecular weight is 172 g/mol. The number of halogens is 1. The van der Waals surface area contributed by atoms with Crippen molar-refractivity contribution in [1.82, 2.24) is 0 Å². The van der Waals surface area contributed by atoms with Gasteiger partial charge in [0.1, 0.15) is 6.79 Å². The van der Waals surface area contributed by atoms with Crippen molar-refractivity contribution in [1.29, 1.82) is 0 Å². The molecule has 0 atom stereocenters. The van der Waals surface area contributed by atoms with Crippen molar-refractivity contribution < 1.29 is 37.6 Å². The third kappa shape index (κ3) is 17.8. The summed E-state index contributed by atoms with van der Waals surface area (Å²) in [4.78, 5) is 8.00. The normalized spacial score (nSPS) is 1.00. The van der Waals surface area contributed by atoms with E-state index in [0.717, 1.165) is 0 Å². The summed E-state index contributed by atoms with van der Waals surface area (Å²) in [5.41, 5.74) is 0. The van der Waals surface area contributed by atoms with Crippen LogP contribution in [-0.2, 0) is 25.2 Å². The number of carbonyl (C=O) groups excluding carboxylic acids is 1. The van der Waals surface area contributed by atoms with Crippen LogP contribution in [-0.4, -0.2) is 6.79 Å². The van der Waals surface area contributed by atoms with Crippen LogP contribution in [0.3, 0.4) is 0 Å². The molecule has 0 aliphatic rings. The van der Waals surface area contributed by atoms with Gasteiger partial charge < -0.3 is 17.2 Å². The van der Waals surface area contributed by atoms with Crippen LogP contribution >= 0.6 is 0 Å². The summed E-state index contributed by atoms with van der Waals surface area (Å²) in [5.74, 6) is 0. The maximum Gasteiger partial charge on any atom is 0.106 e. The maximum absolute atomic E-state index is 8.00. The molecule has 30 valence electrons. The Morgan fingerprint density at radius 3 is 1.25 bits per heavy atom. The van der Waals surface area contributed by atoms with Gasteiger partial charge in [-0.2, -0.15) is 0 Å². The van der Waals surface area contributed by atoms with E-state index in [9.17, 15) is 0 Å². The van der Waals surface area contributed by atoms with E-state index in [2.05, 4.69) is 0 Å². The minimum absolute atomic E-state index is 0. The second kappa shape index (κ2) is 64.3. The molecule has 1 nitrogen and oxygen atoms in total. The molecule has 3 heteroatoms. The van der Waals surface area contributed by atoms with Crippen molar-refractivity contribution in [3.05, 3.63) is 0 Å². The zero-order valence-electron chi connectivity index (χ0n) is 1.81. The van der Waals surface area contributed by atoms with Gasteiger partial charge in [0.25, 0.3) is 0 Å². The molecule has 0 saturated carbocycles. The Labute approximate surface area is 44.8 Å². The Kier molecular flexibility index (Phi) is 371.